The second kappa shape index (κ2) is 7.81. The molecule has 6 heteroatoms. The van der Waals surface area contributed by atoms with E-state index in [0.717, 1.165) is 6.42 Å². The number of nitrogens with zero attached hydrogens (tertiary/aromatic N) is 1. The summed E-state index contributed by atoms with van der Waals surface area (Å²) in [6.45, 7) is 1.87. The van der Waals surface area contributed by atoms with Crippen LogP contribution in [0.5, 0.6) is 0 Å². The van der Waals surface area contributed by atoms with Crippen molar-refractivity contribution in [2.75, 3.05) is 6.54 Å². The van der Waals surface area contributed by atoms with Crippen LogP contribution in [0.1, 0.15) is 57.3 Å². The summed E-state index contributed by atoms with van der Waals surface area (Å²) in [6, 6.07) is -0.192. The highest BCUT2D eigenvalue weighted by Crippen LogP contribution is 2.28. The molecule has 1 aromatic heterocycles. The maximum Gasteiger partial charge on any atom is 0.239 e. The van der Waals surface area contributed by atoms with Crippen LogP contribution in [0.2, 0.25) is 0 Å². The highest BCUT2D eigenvalue weighted by atomic mass is 16.2. The van der Waals surface area contributed by atoms with Crippen molar-refractivity contribution < 1.29 is 9.59 Å². The van der Waals surface area contributed by atoms with Crippen molar-refractivity contribution in [3.63, 3.8) is 0 Å². The highest BCUT2D eigenvalue weighted by Gasteiger charge is 2.17. The number of H-pyrrole nitrogens is 1. The number of nitrogens with one attached hydrogen (secondary N) is 3. The number of rotatable bonds is 7. The van der Waals surface area contributed by atoms with Gasteiger partial charge in [0.15, 0.2) is 0 Å². The molecule has 1 unspecified atom stereocenters. The zero-order chi connectivity index (χ0) is 15.1. The van der Waals surface area contributed by atoms with Crippen LogP contribution in [0.3, 0.4) is 0 Å². The Morgan fingerprint density at radius 1 is 1.38 bits per heavy atom. The number of aromatic amines is 1. The van der Waals surface area contributed by atoms with E-state index in [1.54, 1.807) is 12.4 Å². The number of carbonyl (C=O) groups excluding carboxylic acids is 2. The van der Waals surface area contributed by atoms with Crippen LogP contribution in [-0.2, 0) is 9.59 Å². The quantitative estimate of drug-likeness (QED) is 0.714. The molecule has 1 fully saturated rings. The van der Waals surface area contributed by atoms with E-state index >= 15 is 0 Å². The summed E-state index contributed by atoms with van der Waals surface area (Å²) in [7, 11) is 0. The van der Waals surface area contributed by atoms with Gasteiger partial charge in [-0.05, 0) is 19.3 Å². The summed E-state index contributed by atoms with van der Waals surface area (Å²) in [6.07, 6.45) is 9.88. The van der Waals surface area contributed by atoms with E-state index < -0.39 is 0 Å². The smallest absolute Gasteiger partial charge is 0.239 e. The first-order chi connectivity index (χ1) is 10.1. The third-order valence-electron chi connectivity index (χ3n) is 4.01. The maximum atomic E-state index is 11.7. The van der Waals surface area contributed by atoms with Crippen LogP contribution in [0.15, 0.2) is 12.4 Å². The van der Waals surface area contributed by atoms with Gasteiger partial charge >= 0.3 is 0 Å². The normalized spacial score (nSPS) is 16.6. The Balaban J connectivity index is 1.60. The van der Waals surface area contributed by atoms with Gasteiger partial charge in [0.1, 0.15) is 5.82 Å². The van der Waals surface area contributed by atoms with Crippen LogP contribution in [-0.4, -0.2) is 28.3 Å². The molecule has 21 heavy (non-hydrogen) atoms. The SMILES string of the molecule is CC(NC(=O)CNC(=O)CCC1CCCC1)c1ncc[nH]1. The summed E-state index contributed by atoms with van der Waals surface area (Å²) in [5.74, 6) is 1.16. The highest BCUT2D eigenvalue weighted by molar-refractivity contribution is 5.84. The fraction of sp³-hybridized carbons (Fsp3) is 0.667. The monoisotopic (exact) mass is 292 g/mol. The molecule has 1 aromatic rings. The Morgan fingerprint density at radius 3 is 2.81 bits per heavy atom. The van der Waals surface area contributed by atoms with Crippen LogP contribution in [0.4, 0.5) is 0 Å². The van der Waals surface area contributed by atoms with Gasteiger partial charge in [0, 0.05) is 18.8 Å². The molecule has 0 spiro atoms. The lowest BCUT2D eigenvalue weighted by atomic mass is 10.0. The number of imidazole rings is 1. The molecule has 0 aromatic carbocycles. The van der Waals surface area contributed by atoms with Crippen LogP contribution in [0.25, 0.3) is 0 Å². The van der Waals surface area contributed by atoms with Crippen molar-refractivity contribution >= 4 is 11.8 Å². The zero-order valence-electron chi connectivity index (χ0n) is 12.5. The van der Waals surface area contributed by atoms with E-state index in [1.807, 2.05) is 6.92 Å². The Labute approximate surface area is 125 Å². The van der Waals surface area contributed by atoms with E-state index in [0.29, 0.717) is 18.2 Å². The summed E-state index contributed by atoms with van der Waals surface area (Å²) >= 11 is 0. The third kappa shape index (κ3) is 5.21. The van der Waals surface area contributed by atoms with Crippen LogP contribution < -0.4 is 10.6 Å². The third-order valence-corrected chi connectivity index (χ3v) is 4.01. The molecule has 1 heterocycles. The Bertz CT molecular complexity index is 452. The first-order valence-electron chi connectivity index (χ1n) is 7.70. The predicted octanol–water partition coefficient (Wildman–Crippen LogP) is 1.67. The first-order valence-corrected chi connectivity index (χ1v) is 7.70. The summed E-state index contributed by atoms with van der Waals surface area (Å²) in [5, 5.41) is 5.46. The van der Waals surface area contributed by atoms with Gasteiger partial charge in [-0.15, -0.1) is 0 Å². The summed E-state index contributed by atoms with van der Waals surface area (Å²) in [5.41, 5.74) is 0. The second-order valence-electron chi connectivity index (χ2n) is 5.73. The van der Waals surface area contributed by atoms with Crippen molar-refractivity contribution in [2.45, 2.75) is 51.5 Å². The van der Waals surface area contributed by atoms with Gasteiger partial charge in [0.05, 0.1) is 12.6 Å². The molecule has 0 bridgehead atoms. The molecule has 1 atom stereocenters. The number of amides is 2. The average Bonchev–Trinajstić information content (AvgIpc) is 3.15. The molecular weight excluding hydrogens is 268 g/mol. The van der Waals surface area contributed by atoms with Crippen LogP contribution in [0, 0.1) is 5.92 Å². The fourth-order valence-corrected chi connectivity index (χ4v) is 2.78. The van der Waals surface area contributed by atoms with E-state index in [1.165, 1.54) is 25.7 Å². The van der Waals surface area contributed by atoms with Gasteiger partial charge in [-0.3, -0.25) is 9.59 Å². The number of hydrogen-bond acceptors (Lipinski definition) is 3. The minimum Gasteiger partial charge on any atom is -0.347 e. The number of carbonyl (C=O) groups is 2. The van der Waals surface area contributed by atoms with Crippen molar-refractivity contribution in [1.82, 2.24) is 20.6 Å². The van der Waals surface area contributed by atoms with Gasteiger partial charge in [0.2, 0.25) is 11.8 Å². The molecule has 6 nitrogen and oxygen atoms in total. The molecule has 2 amide bonds. The van der Waals surface area contributed by atoms with Gasteiger partial charge in [-0.1, -0.05) is 25.7 Å². The Kier molecular flexibility index (Phi) is 5.78. The number of hydrogen-bond donors (Lipinski definition) is 3. The molecule has 0 radical (unpaired) electrons. The van der Waals surface area contributed by atoms with Gasteiger partial charge < -0.3 is 15.6 Å². The first kappa shape index (κ1) is 15.5. The van der Waals surface area contributed by atoms with Gasteiger partial charge in [-0.2, -0.15) is 0 Å². The molecule has 1 aliphatic carbocycles. The zero-order valence-corrected chi connectivity index (χ0v) is 12.5. The molecule has 3 N–H and O–H groups in total. The predicted molar refractivity (Wildman–Crippen MR) is 79.3 cm³/mol. The largest absolute Gasteiger partial charge is 0.347 e. The molecule has 116 valence electrons. The van der Waals surface area contributed by atoms with Crippen molar-refractivity contribution in [3.8, 4) is 0 Å². The summed E-state index contributed by atoms with van der Waals surface area (Å²) in [4.78, 5) is 30.5. The van der Waals surface area contributed by atoms with E-state index in [2.05, 4.69) is 20.6 Å². The topological polar surface area (TPSA) is 86.9 Å². The minimum atomic E-state index is -0.201. The maximum absolute atomic E-state index is 11.7. The molecule has 0 saturated heterocycles. The van der Waals surface area contributed by atoms with Gasteiger partial charge in [0.25, 0.3) is 0 Å². The summed E-state index contributed by atoms with van der Waals surface area (Å²) < 4.78 is 0. The molecule has 1 saturated carbocycles. The molecule has 0 aliphatic heterocycles. The van der Waals surface area contributed by atoms with Crippen LogP contribution >= 0.6 is 0 Å². The van der Waals surface area contributed by atoms with Crippen molar-refractivity contribution in [1.29, 1.82) is 0 Å². The lowest BCUT2D eigenvalue weighted by Crippen LogP contribution is -2.38. The second-order valence-corrected chi connectivity index (χ2v) is 5.73. The lowest BCUT2D eigenvalue weighted by molar-refractivity contribution is -0.126. The van der Waals surface area contributed by atoms with E-state index in [9.17, 15) is 9.59 Å². The minimum absolute atomic E-state index is 0.0224. The average molecular weight is 292 g/mol. The van der Waals surface area contributed by atoms with Crippen molar-refractivity contribution in [3.05, 3.63) is 18.2 Å². The molecule has 2 rings (SSSR count). The Morgan fingerprint density at radius 2 is 2.14 bits per heavy atom. The standard InChI is InChI=1S/C15H24N4O2/c1-11(15-16-8-9-17-15)19-14(21)10-18-13(20)7-6-12-4-2-3-5-12/h8-9,11-12H,2-7,10H2,1H3,(H,16,17)(H,18,20)(H,19,21). The molecular formula is C15H24N4O2. The Hall–Kier alpha value is -1.85. The lowest BCUT2D eigenvalue weighted by Gasteiger charge is -2.12. The van der Waals surface area contributed by atoms with E-state index in [-0.39, 0.29) is 24.4 Å². The van der Waals surface area contributed by atoms with Gasteiger partial charge in [-0.25, -0.2) is 4.98 Å². The molecule has 1 aliphatic rings. The van der Waals surface area contributed by atoms with Crippen molar-refractivity contribution in [2.24, 2.45) is 5.92 Å². The number of aromatic nitrogens is 2. The fourth-order valence-electron chi connectivity index (χ4n) is 2.78. The van der Waals surface area contributed by atoms with E-state index in [4.69, 9.17) is 0 Å².